The Morgan fingerprint density at radius 3 is 2.43 bits per heavy atom. The molecule has 0 aliphatic heterocycles. The highest BCUT2D eigenvalue weighted by atomic mass is 19.1. The number of pyridine rings is 1. The highest BCUT2D eigenvalue weighted by Crippen LogP contribution is 2.27. The van der Waals surface area contributed by atoms with E-state index in [2.05, 4.69) is 19.9 Å². The first-order chi connectivity index (χ1) is 11.2. The van der Waals surface area contributed by atoms with Gasteiger partial charge < -0.3 is 5.73 Å². The molecule has 3 aromatic heterocycles. The second kappa shape index (κ2) is 5.13. The summed E-state index contributed by atoms with van der Waals surface area (Å²) in [4.78, 5) is 16.8. The smallest absolute Gasteiger partial charge is 0.219 e. The second-order valence-electron chi connectivity index (χ2n) is 4.94. The summed E-state index contributed by atoms with van der Waals surface area (Å²) < 4.78 is 15.1. The van der Waals surface area contributed by atoms with Crippen molar-refractivity contribution in [1.29, 1.82) is 0 Å². The van der Waals surface area contributed by atoms with Crippen molar-refractivity contribution in [2.75, 3.05) is 5.73 Å². The van der Waals surface area contributed by atoms with E-state index in [0.29, 0.717) is 11.4 Å². The Labute approximate surface area is 130 Å². The van der Waals surface area contributed by atoms with Gasteiger partial charge in [-0.25, -0.2) is 19.3 Å². The van der Waals surface area contributed by atoms with E-state index < -0.39 is 0 Å². The van der Waals surface area contributed by atoms with Crippen LogP contribution in [0, 0.1) is 5.82 Å². The minimum atomic E-state index is -0.298. The Bertz CT molecular complexity index is 976. The zero-order valence-electron chi connectivity index (χ0n) is 11.9. The molecule has 0 unspecified atom stereocenters. The Balaban J connectivity index is 2.01. The molecule has 0 bridgehead atoms. The number of nitrogens with two attached hydrogens (primary N) is 1. The minimum absolute atomic E-state index is 0.194. The maximum atomic E-state index is 13.2. The van der Waals surface area contributed by atoms with Crippen molar-refractivity contribution in [3.05, 3.63) is 60.9 Å². The lowest BCUT2D eigenvalue weighted by molar-refractivity contribution is 0.627. The van der Waals surface area contributed by atoms with Crippen LogP contribution in [0.3, 0.4) is 0 Å². The number of benzene rings is 1. The summed E-state index contributed by atoms with van der Waals surface area (Å²) in [6.45, 7) is 0. The molecular formula is C16H11FN6. The number of nitrogens with zero attached hydrogens (tertiary/aromatic N) is 5. The van der Waals surface area contributed by atoms with Crippen molar-refractivity contribution >= 4 is 17.0 Å². The van der Waals surface area contributed by atoms with Gasteiger partial charge in [-0.1, -0.05) is 0 Å². The summed E-state index contributed by atoms with van der Waals surface area (Å²) in [5, 5.41) is 0. The third-order valence-corrected chi connectivity index (χ3v) is 3.47. The molecule has 3 heterocycles. The van der Waals surface area contributed by atoms with Gasteiger partial charge in [0.25, 0.3) is 0 Å². The van der Waals surface area contributed by atoms with Crippen molar-refractivity contribution < 1.29 is 4.39 Å². The van der Waals surface area contributed by atoms with Gasteiger partial charge in [-0.15, -0.1) is 0 Å². The van der Waals surface area contributed by atoms with Crippen LogP contribution in [0.5, 0.6) is 0 Å². The fraction of sp³-hybridized carbons (Fsp3) is 0. The Morgan fingerprint density at radius 1 is 0.957 bits per heavy atom. The predicted octanol–water partition coefficient (Wildman–Crippen LogP) is 2.60. The van der Waals surface area contributed by atoms with E-state index in [9.17, 15) is 4.39 Å². The van der Waals surface area contributed by atoms with Crippen LogP contribution in [0.15, 0.2) is 55.1 Å². The topological polar surface area (TPSA) is 82.5 Å². The standard InChI is InChI=1S/C16H11FN6/c17-11-1-3-12(4-2-11)23-14-9-19-6-5-13(14)22-15(23)10-7-20-16(18)21-8-10/h1-9H,(H2,18,20,21). The van der Waals surface area contributed by atoms with E-state index in [1.807, 2.05) is 10.6 Å². The number of aromatic nitrogens is 5. The monoisotopic (exact) mass is 306 g/mol. The highest BCUT2D eigenvalue weighted by Gasteiger charge is 2.15. The van der Waals surface area contributed by atoms with Crippen molar-refractivity contribution in [1.82, 2.24) is 24.5 Å². The molecule has 4 rings (SSSR count). The van der Waals surface area contributed by atoms with Gasteiger partial charge in [0.1, 0.15) is 11.6 Å². The van der Waals surface area contributed by atoms with E-state index in [0.717, 1.165) is 16.7 Å². The maximum Gasteiger partial charge on any atom is 0.219 e. The summed E-state index contributed by atoms with van der Waals surface area (Å²) in [5.41, 5.74) is 8.61. The molecule has 0 atom stereocenters. The first-order valence-corrected chi connectivity index (χ1v) is 6.89. The van der Waals surface area contributed by atoms with Gasteiger partial charge in [-0.05, 0) is 30.3 Å². The normalized spacial score (nSPS) is 11.0. The van der Waals surface area contributed by atoms with Gasteiger partial charge in [0.05, 0.1) is 22.8 Å². The van der Waals surface area contributed by atoms with Crippen LogP contribution in [-0.4, -0.2) is 24.5 Å². The number of fused-ring (bicyclic) bond motifs is 1. The third-order valence-electron chi connectivity index (χ3n) is 3.47. The van der Waals surface area contributed by atoms with Crippen LogP contribution >= 0.6 is 0 Å². The molecule has 0 radical (unpaired) electrons. The number of anilines is 1. The summed E-state index contributed by atoms with van der Waals surface area (Å²) in [6, 6.07) is 7.99. The Morgan fingerprint density at radius 2 is 1.70 bits per heavy atom. The zero-order chi connectivity index (χ0) is 15.8. The molecule has 0 amide bonds. The molecule has 6 nitrogen and oxygen atoms in total. The van der Waals surface area contributed by atoms with Gasteiger partial charge in [0.2, 0.25) is 5.95 Å². The molecule has 0 saturated carbocycles. The average Bonchev–Trinajstić information content (AvgIpc) is 2.96. The fourth-order valence-electron chi connectivity index (χ4n) is 2.42. The van der Waals surface area contributed by atoms with Crippen LogP contribution in [-0.2, 0) is 0 Å². The fourth-order valence-corrected chi connectivity index (χ4v) is 2.42. The molecule has 0 aliphatic carbocycles. The molecule has 4 aromatic rings. The number of halogens is 1. The SMILES string of the molecule is Nc1ncc(-c2nc3ccncc3n2-c2ccc(F)cc2)cn1. The van der Waals surface area contributed by atoms with E-state index in [1.54, 1.807) is 36.9 Å². The molecule has 0 fully saturated rings. The molecule has 112 valence electrons. The minimum Gasteiger partial charge on any atom is -0.368 e. The number of hydrogen-bond acceptors (Lipinski definition) is 5. The molecule has 1 aromatic carbocycles. The van der Waals surface area contributed by atoms with E-state index in [-0.39, 0.29) is 11.8 Å². The van der Waals surface area contributed by atoms with Crippen molar-refractivity contribution in [2.45, 2.75) is 0 Å². The van der Waals surface area contributed by atoms with E-state index in [1.165, 1.54) is 12.1 Å². The molecular weight excluding hydrogens is 295 g/mol. The van der Waals surface area contributed by atoms with Crippen LogP contribution in [0.2, 0.25) is 0 Å². The lowest BCUT2D eigenvalue weighted by atomic mass is 10.2. The van der Waals surface area contributed by atoms with E-state index in [4.69, 9.17) is 5.73 Å². The molecule has 7 heteroatoms. The summed E-state index contributed by atoms with van der Waals surface area (Å²) in [7, 11) is 0. The first-order valence-electron chi connectivity index (χ1n) is 6.89. The third kappa shape index (κ3) is 2.28. The second-order valence-corrected chi connectivity index (χ2v) is 4.94. The molecule has 0 aliphatic rings. The molecule has 0 saturated heterocycles. The van der Waals surface area contributed by atoms with Gasteiger partial charge in [0, 0.05) is 24.3 Å². The summed E-state index contributed by atoms with van der Waals surface area (Å²) >= 11 is 0. The maximum absolute atomic E-state index is 13.2. The number of rotatable bonds is 2. The Hall–Kier alpha value is -3.35. The predicted molar refractivity (Wildman–Crippen MR) is 84.3 cm³/mol. The summed E-state index contributed by atoms with van der Waals surface area (Å²) in [5.74, 6) is 0.535. The van der Waals surface area contributed by atoms with Crippen LogP contribution in [0.4, 0.5) is 10.3 Å². The van der Waals surface area contributed by atoms with Crippen LogP contribution in [0.25, 0.3) is 28.1 Å². The quantitative estimate of drug-likeness (QED) is 0.615. The zero-order valence-corrected chi connectivity index (χ0v) is 11.9. The lowest BCUT2D eigenvalue weighted by Crippen LogP contribution is -2.00. The lowest BCUT2D eigenvalue weighted by Gasteiger charge is -2.09. The number of imidazole rings is 1. The van der Waals surface area contributed by atoms with Gasteiger partial charge in [-0.3, -0.25) is 9.55 Å². The van der Waals surface area contributed by atoms with Gasteiger partial charge >= 0.3 is 0 Å². The average molecular weight is 306 g/mol. The highest BCUT2D eigenvalue weighted by molar-refractivity contribution is 5.82. The summed E-state index contributed by atoms with van der Waals surface area (Å²) in [6.07, 6.45) is 6.61. The molecule has 2 N–H and O–H groups in total. The van der Waals surface area contributed by atoms with Crippen molar-refractivity contribution in [3.8, 4) is 17.1 Å². The molecule has 23 heavy (non-hydrogen) atoms. The van der Waals surface area contributed by atoms with Crippen LogP contribution < -0.4 is 5.73 Å². The van der Waals surface area contributed by atoms with Gasteiger partial charge in [-0.2, -0.15) is 0 Å². The molecule has 0 spiro atoms. The Kier molecular flexibility index (Phi) is 2.97. The number of nitrogen functional groups attached to an aromatic ring is 1. The number of hydrogen-bond donors (Lipinski definition) is 1. The van der Waals surface area contributed by atoms with Crippen molar-refractivity contribution in [2.24, 2.45) is 0 Å². The first kappa shape index (κ1) is 13.3. The van der Waals surface area contributed by atoms with Crippen molar-refractivity contribution in [3.63, 3.8) is 0 Å². The van der Waals surface area contributed by atoms with Gasteiger partial charge in [0.15, 0.2) is 0 Å². The van der Waals surface area contributed by atoms with Crippen LogP contribution in [0.1, 0.15) is 0 Å². The largest absolute Gasteiger partial charge is 0.368 e. The van der Waals surface area contributed by atoms with E-state index >= 15 is 0 Å².